The first-order chi connectivity index (χ1) is 11.2. The molecule has 23 heavy (non-hydrogen) atoms. The van der Waals surface area contributed by atoms with Crippen molar-refractivity contribution in [3.63, 3.8) is 0 Å². The second-order valence-corrected chi connectivity index (χ2v) is 12.4. The monoisotopic (exact) mass is 330 g/mol. The zero-order valence-corrected chi connectivity index (χ0v) is 16.2. The van der Waals surface area contributed by atoms with Crippen LogP contribution in [0.3, 0.4) is 0 Å². The molecule has 0 aliphatic heterocycles. The van der Waals surface area contributed by atoms with Crippen LogP contribution in [-0.2, 0) is 0 Å². The van der Waals surface area contributed by atoms with E-state index in [-0.39, 0.29) is 0 Å². The Balaban J connectivity index is 2.39. The Morgan fingerprint density at radius 1 is 1.04 bits per heavy atom. The maximum absolute atomic E-state index is 11.2. The molecule has 1 atom stereocenters. The Kier molecular flexibility index (Phi) is 7.10. The van der Waals surface area contributed by atoms with E-state index in [0.29, 0.717) is 5.92 Å². The maximum atomic E-state index is 11.2. The van der Waals surface area contributed by atoms with Gasteiger partial charge in [-0.3, -0.25) is 0 Å². The number of hydrogen-bond donors (Lipinski definition) is 1. The number of aliphatic hydroxyl groups is 1. The zero-order valence-electron chi connectivity index (χ0n) is 15.2. The summed E-state index contributed by atoms with van der Waals surface area (Å²) in [6.07, 6.45) is 8.85. The van der Waals surface area contributed by atoms with Crippen molar-refractivity contribution in [3.05, 3.63) is 47.2 Å². The van der Waals surface area contributed by atoms with E-state index in [1.165, 1.54) is 55.4 Å². The van der Waals surface area contributed by atoms with Gasteiger partial charge in [0, 0.05) is 0 Å². The standard InChI is InChI=1S/C21H34OSi/c1-4-23(5-2,6-3)20(17-18-13-9-7-10-14-18)21(22)19-15-11-8-12-16-19/h8,11-12,15-18,21-22H,4-7,9-10,13-14H2,1-3H3/b20-17-. The third-order valence-corrected chi connectivity index (χ3v) is 11.8. The molecule has 1 aliphatic rings. The smallest absolute Gasteiger partial charge is 0.0966 e. The molecule has 1 N–H and O–H groups in total. The zero-order chi connectivity index (χ0) is 16.7. The van der Waals surface area contributed by atoms with Crippen LogP contribution in [0.1, 0.15) is 64.5 Å². The van der Waals surface area contributed by atoms with Crippen LogP contribution >= 0.6 is 0 Å². The largest absolute Gasteiger partial charge is 0.384 e. The molecule has 1 nitrogen and oxygen atoms in total. The fourth-order valence-corrected chi connectivity index (χ4v) is 8.35. The van der Waals surface area contributed by atoms with Gasteiger partial charge >= 0.3 is 0 Å². The van der Waals surface area contributed by atoms with Gasteiger partial charge in [-0.05, 0) is 24.3 Å². The van der Waals surface area contributed by atoms with Crippen molar-refractivity contribution >= 4 is 8.07 Å². The number of hydrogen-bond acceptors (Lipinski definition) is 1. The van der Waals surface area contributed by atoms with Gasteiger partial charge in [-0.15, -0.1) is 0 Å². The summed E-state index contributed by atoms with van der Waals surface area (Å²) in [5.41, 5.74) is 1.07. The van der Waals surface area contributed by atoms with E-state index < -0.39 is 14.2 Å². The quantitative estimate of drug-likeness (QED) is 0.584. The summed E-state index contributed by atoms with van der Waals surface area (Å²) in [6.45, 7) is 7.02. The summed E-state index contributed by atoms with van der Waals surface area (Å²) < 4.78 is 0. The molecule has 1 fully saturated rings. The second kappa shape index (κ2) is 8.84. The van der Waals surface area contributed by atoms with E-state index in [4.69, 9.17) is 0 Å². The lowest BCUT2D eigenvalue weighted by atomic mass is 9.88. The van der Waals surface area contributed by atoms with Crippen LogP contribution < -0.4 is 0 Å². The van der Waals surface area contributed by atoms with Gasteiger partial charge in [-0.2, -0.15) is 0 Å². The molecule has 0 amide bonds. The molecule has 0 aromatic heterocycles. The van der Waals surface area contributed by atoms with Gasteiger partial charge < -0.3 is 5.11 Å². The minimum absolute atomic E-state index is 0.398. The SMILES string of the molecule is CC[Si](CC)(CC)/C(=C\C1CCCCC1)C(O)c1ccccc1. The predicted octanol–water partition coefficient (Wildman–Crippen LogP) is 6.27. The summed E-state index contributed by atoms with van der Waals surface area (Å²) in [6, 6.07) is 14.0. The van der Waals surface area contributed by atoms with Crippen LogP contribution in [0.25, 0.3) is 0 Å². The van der Waals surface area contributed by atoms with E-state index in [9.17, 15) is 5.11 Å². The van der Waals surface area contributed by atoms with E-state index in [0.717, 1.165) is 5.56 Å². The molecule has 2 rings (SSSR count). The molecule has 0 spiro atoms. The third-order valence-electron chi connectivity index (χ3n) is 6.12. The van der Waals surface area contributed by atoms with E-state index >= 15 is 0 Å². The van der Waals surface area contributed by atoms with Crippen LogP contribution in [0.2, 0.25) is 18.1 Å². The first-order valence-corrected chi connectivity index (χ1v) is 12.2. The van der Waals surface area contributed by atoms with Gasteiger partial charge in [0.05, 0.1) is 14.2 Å². The van der Waals surface area contributed by atoms with Crippen LogP contribution in [-0.4, -0.2) is 13.2 Å². The van der Waals surface area contributed by atoms with Gasteiger partial charge in [0.2, 0.25) is 0 Å². The van der Waals surface area contributed by atoms with Gasteiger partial charge in [0.1, 0.15) is 0 Å². The van der Waals surface area contributed by atoms with Crippen LogP contribution in [0, 0.1) is 5.92 Å². The molecule has 0 bridgehead atoms. The first kappa shape index (κ1) is 18.5. The normalized spacial score (nSPS) is 18.9. The molecule has 0 heterocycles. The van der Waals surface area contributed by atoms with E-state index in [1.54, 1.807) is 0 Å². The van der Waals surface area contributed by atoms with Gasteiger partial charge in [0.25, 0.3) is 0 Å². The number of rotatable bonds is 7. The number of benzene rings is 1. The highest BCUT2D eigenvalue weighted by Gasteiger charge is 2.36. The molecule has 1 unspecified atom stereocenters. The summed E-state index contributed by atoms with van der Waals surface area (Å²) in [4.78, 5) is 0. The Morgan fingerprint density at radius 2 is 1.61 bits per heavy atom. The van der Waals surface area contributed by atoms with Crippen molar-refractivity contribution in [2.75, 3.05) is 0 Å². The van der Waals surface area contributed by atoms with Crippen molar-refractivity contribution in [1.82, 2.24) is 0 Å². The Labute approximate surface area is 143 Å². The lowest BCUT2D eigenvalue weighted by Crippen LogP contribution is -2.38. The van der Waals surface area contributed by atoms with Crippen molar-refractivity contribution in [3.8, 4) is 0 Å². The predicted molar refractivity (Wildman–Crippen MR) is 103 cm³/mol. The van der Waals surface area contributed by atoms with Gasteiger partial charge in [0.15, 0.2) is 0 Å². The van der Waals surface area contributed by atoms with E-state index in [2.05, 4.69) is 39.0 Å². The first-order valence-electron chi connectivity index (χ1n) is 9.62. The highest BCUT2D eigenvalue weighted by molar-refractivity contribution is 6.86. The number of aliphatic hydroxyl groups excluding tert-OH is 1. The van der Waals surface area contributed by atoms with Gasteiger partial charge in [-0.1, -0.05) is 99.8 Å². The summed E-state index contributed by atoms with van der Waals surface area (Å²) in [7, 11) is -1.57. The molecule has 1 aromatic carbocycles. The van der Waals surface area contributed by atoms with Gasteiger partial charge in [-0.25, -0.2) is 0 Å². The molecule has 1 aliphatic carbocycles. The molecular formula is C21H34OSi. The topological polar surface area (TPSA) is 20.2 Å². The molecule has 1 saturated carbocycles. The van der Waals surface area contributed by atoms with E-state index in [1.807, 2.05) is 18.2 Å². The minimum Gasteiger partial charge on any atom is -0.384 e. The fourth-order valence-electron chi connectivity index (χ4n) is 4.29. The average Bonchev–Trinajstić information content (AvgIpc) is 2.63. The lowest BCUT2D eigenvalue weighted by molar-refractivity contribution is 0.220. The summed E-state index contributed by atoms with van der Waals surface area (Å²) in [5.74, 6) is 0.689. The average molecular weight is 331 g/mol. The second-order valence-electron chi connectivity index (χ2n) is 7.17. The van der Waals surface area contributed by atoms with Crippen molar-refractivity contribution in [2.24, 2.45) is 5.92 Å². The van der Waals surface area contributed by atoms with Crippen LogP contribution in [0.15, 0.2) is 41.6 Å². The minimum atomic E-state index is -1.57. The summed E-state index contributed by atoms with van der Waals surface area (Å²) >= 11 is 0. The maximum Gasteiger partial charge on any atom is 0.0966 e. The number of allylic oxidation sites excluding steroid dienone is 1. The van der Waals surface area contributed by atoms with Crippen molar-refractivity contribution in [2.45, 2.75) is 77.1 Å². The fraction of sp³-hybridized carbons (Fsp3) is 0.619. The molecule has 0 radical (unpaired) electrons. The Bertz CT molecular complexity index is 476. The summed E-state index contributed by atoms with van der Waals surface area (Å²) in [5, 5.41) is 12.6. The Hall–Kier alpha value is -0.863. The highest BCUT2D eigenvalue weighted by atomic mass is 28.3. The molecule has 2 heteroatoms. The Morgan fingerprint density at radius 3 is 2.13 bits per heavy atom. The van der Waals surface area contributed by atoms with Crippen LogP contribution in [0.4, 0.5) is 0 Å². The van der Waals surface area contributed by atoms with Crippen LogP contribution in [0.5, 0.6) is 0 Å². The third kappa shape index (κ3) is 4.36. The molecular weight excluding hydrogens is 296 g/mol. The molecule has 0 saturated heterocycles. The molecule has 1 aromatic rings. The lowest BCUT2D eigenvalue weighted by Gasteiger charge is -2.36. The van der Waals surface area contributed by atoms with Crippen molar-refractivity contribution < 1.29 is 5.11 Å². The molecule has 128 valence electrons. The van der Waals surface area contributed by atoms with Crippen molar-refractivity contribution in [1.29, 1.82) is 0 Å². The highest BCUT2D eigenvalue weighted by Crippen LogP contribution is 2.39.